The molecule has 0 bridgehead atoms. The summed E-state index contributed by atoms with van der Waals surface area (Å²) in [6.45, 7) is 11.4. The average molecular weight is 497 g/mol. The van der Waals surface area contributed by atoms with Gasteiger partial charge in [-0.25, -0.2) is 0 Å². The first-order chi connectivity index (χ1) is 17.4. The Morgan fingerprint density at radius 1 is 1.00 bits per heavy atom. The maximum absolute atomic E-state index is 11.0. The summed E-state index contributed by atoms with van der Waals surface area (Å²) in [5, 5.41) is 6.93. The van der Waals surface area contributed by atoms with Gasteiger partial charge in [-0.2, -0.15) is 0 Å². The minimum Gasteiger partial charge on any atom is -0.493 e. The van der Waals surface area contributed by atoms with E-state index in [0.717, 1.165) is 36.3 Å². The second kappa shape index (κ2) is 17.3. The molecule has 0 unspecified atom stereocenters. The first kappa shape index (κ1) is 30.9. The van der Waals surface area contributed by atoms with Crippen LogP contribution >= 0.6 is 0 Å². The van der Waals surface area contributed by atoms with E-state index in [-0.39, 0.29) is 0 Å². The number of carbonyl (C=O) groups is 1. The molecule has 0 aliphatic carbocycles. The molecular formula is C30H44N2O4. The van der Waals surface area contributed by atoms with Gasteiger partial charge in [-0.3, -0.25) is 4.79 Å². The van der Waals surface area contributed by atoms with Crippen molar-refractivity contribution in [2.45, 2.75) is 66.2 Å². The zero-order valence-electron chi connectivity index (χ0n) is 23.3. The number of hydrogen-bond donors (Lipinski definition) is 1. The molecule has 3 rings (SSSR count). The van der Waals surface area contributed by atoms with E-state index in [2.05, 4.69) is 44.2 Å². The molecule has 0 radical (unpaired) electrons. The molecule has 0 amide bonds. The van der Waals surface area contributed by atoms with Crippen LogP contribution in [0.2, 0.25) is 0 Å². The van der Waals surface area contributed by atoms with Crippen LogP contribution in [-0.2, 0) is 6.42 Å². The van der Waals surface area contributed by atoms with E-state index in [0.29, 0.717) is 22.9 Å². The molecule has 198 valence electrons. The Balaban J connectivity index is 0.000000308. The Morgan fingerprint density at radius 2 is 1.64 bits per heavy atom. The number of benzene rings is 2. The highest BCUT2D eigenvalue weighted by Crippen LogP contribution is 2.28. The smallest absolute Gasteiger partial charge is 0.177 e. The number of carbonyl (C=O) groups excluding carboxylic acids is 1. The van der Waals surface area contributed by atoms with Gasteiger partial charge in [0, 0.05) is 5.56 Å². The zero-order valence-corrected chi connectivity index (χ0v) is 23.3. The number of nitrogens with one attached hydrogen (secondary N) is 1. The first-order valence-corrected chi connectivity index (χ1v) is 12.7. The van der Waals surface area contributed by atoms with E-state index < -0.39 is 0 Å². The van der Waals surface area contributed by atoms with Gasteiger partial charge in [-0.05, 0) is 56.1 Å². The molecule has 0 aliphatic rings. The number of rotatable bonds is 10. The summed E-state index contributed by atoms with van der Waals surface area (Å²) in [6.07, 6.45) is 5.86. The van der Waals surface area contributed by atoms with Crippen LogP contribution in [0.4, 0.5) is 0 Å². The fourth-order valence-corrected chi connectivity index (χ4v) is 3.40. The third kappa shape index (κ3) is 9.86. The van der Waals surface area contributed by atoms with Crippen molar-refractivity contribution in [3.05, 3.63) is 64.8 Å². The minimum atomic E-state index is 0.492. The summed E-state index contributed by atoms with van der Waals surface area (Å²) >= 11 is 0. The summed E-state index contributed by atoms with van der Waals surface area (Å²) < 4.78 is 15.6. The highest BCUT2D eigenvalue weighted by molar-refractivity contribution is 5.86. The lowest BCUT2D eigenvalue weighted by molar-refractivity contribution is 0.112. The summed E-state index contributed by atoms with van der Waals surface area (Å²) in [6, 6.07) is 14.0. The molecule has 6 nitrogen and oxygen atoms in total. The predicted molar refractivity (Wildman–Crippen MR) is 149 cm³/mol. The van der Waals surface area contributed by atoms with Gasteiger partial charge >= 0.3 is 0 Å². The largest absolute Gasteiger partial charge is 0.493 e. The van der Waals surface area contributed by atoms with Gasteiger partial charge < -0.3 is 19.3 Å². The lowest BCUT2D eigenvalue weighted by Crippen LogP contribution is -2.10. The fourth-order valence-electron chi connectivity index (χ4n) is 3.40. The van der Waals surface area contributed by atoms with Crippen molar-refractivity contribution in [3.8, 4) is 22.8 Å². The number of aromatic nitrogens is 1. The van der Waals surface area contributed by atoms with Crippen molar-refractivity contribution < 1.29 is 18.8 Å². The standard InChI is InChI=1S/C14H15NO2.C11H17NO2.C5H12/c1-9(2)11-4-6-12(7-5-11)14-13(8-16)10(3)15-17-14;1-12-7-6-9-4-5-10(13-2)11(8-9)14-3;1-3-5-4-2/h4-9H,1-3H3;4-5,8,12H,6-7H2,1-3H3;3-5H2,1-2H3. The quantitative estimate of drug-likeness (QED) is 0.298. The topological polar surface area (TPSA) is 73.6 Å². The molecule has 0 saturated heterocycles. The molecule has 6 heteroatoms. The highest BCUT2D eigenvalue weighted by atomic mass is 16.5. The molecular weight excluding hydrogens is 452 g/mol. The molecule has 0 saturated carbocycles. The van der Waals surface area contributed by atoms with Crippen molar-refractivity contribution in [3.63, 3.8) is 0 Å². The zero-order chi connectivity index (χ0) is 26.9. The monoisotopic (exact) mass is 496 g/mol. The Hall–Kier alpha value is -3.12. The maximum atomic E-state index is 11.0. The van der Waals surface area contributed by atoms with E-state index in [1.54, 1.807) is 21.1 Å². The number of methoxy groups -OCH3 is 2. The van der Waals surface area contributed by atoms with Gasteiger partial charge in [0.25, 0.3) is 0 Å². The van der Waals surface area contributed by atoms with Crippen LogP contribution in [0.1, 0.15) is 80.1 Å². The van der Waals surface area contributed by atoms with E-state index in [4.69, 9.17) is 14.0 Å². The van der Waals surface area contributed by atoms with E-state index in [1.165, 1.54) is 30.4 Å². The van der Waals surface area contributed by atoms with E-state index >= 15 is 0 Å². The first-order valence-electron chi connectivity index (χ1n) is 12.7. The van der Waals surface area contributed by atoms with E-state index in [1.807, 2.05) is 43.4 Å². The number of likely N-dealkylation sites (N-methyl/N-ethyl adjacent to an activating group) is 1. The van der Waals surface area contributed by atoms with Crippen molar-refractivity contribution in [2.75, 3.05) is 27.8 Å². The van der Waals surface area contributed by atoms with Crippen LogP contribution in [0.5, 0.6) is 11.5 Å². The van der Waals surface area contributed by atoms with Crippen LogP contribution in [0.25, 0.3) is 11.3 Å². The van der Waals surface area contributed by atoms with Crippen molar-refractivity contribution in [1.82, 2.24) is 10.5 Å². The second-order valence-electron chi connectivity index (χ2n) is 8.80. The van der Waals surface area contributed by atoms with Crippen molar-refractivity contribution >= 4 is 6.29 Å². The second-order valence-corrected chi connectivity index (χ2v) is 8.80. The van der Waals surface area contributed by atoms with Gasteiger partial charge in [0.05, 0.1) is 25.5 Å². The molecule has 1 N–H and O–H groups in total. The van der Waals surface area contributed by atoms with Gasteiger partial charge in [0.15, 0.2) is 23.5 Å². The number of aldehydes is 1. The Bertz CT molecular complexity index is 1010. The molecule has 2 aromatic carbocycles. The lowest BCUT2D eigenvalue weighted by Gasteiger charge is -2.09. The number of ether oxygens (including phenoxy) is 2. The van der Waals surface area contributed by atoms with Crippen LogP contribution in [-0.4, -0.2) is 39.3 Å². The van der Waals surface area contributed by atoms with Crippen LogP contribution in [0, 0.1) is 6.92 Å². The number of hydrogen-bond acceptors (Lipinski definition) is 6. The number of unbranched alkanes of at least 4 members (excludes halogenated alkanes) is 2. The van der Waals surface area contributed by atoms with Crippen molar-refractivity contribution in [2.24, 2.45) is 0 Å². The van der Waals surface area contributed by atoms with Crippen LogP contribution in [0.15, 0.2) is 47.0 Å². The molecule has 0 atom stereocenters. The van der Waals surface area contributed by atoms with Crippen LogP contribution in [0.3, 0.4) is 0 Å². The molecule has 0 fully saturated rings. The molecule has 1 heterocycles. The van der Waals surface area contributed by atoms with Gasteiger partial charge in [0.1, 0.15) is 0 Å². The lowest BCUT2D eigenvalue weighted by atomic mass is 10.00. The number of nitrogens with zero attached hydrogens (tertiary/aromatic N) is 1. The number of aryl methyl sites for hydroxylation is 1. The Labute approximate surface area is 217 Å². The minimum absolute atomic E-state index is 0.492. The molecule has 3 aromatic rings. The Morgan fingerprint density at radius 3 is 2.11 bits per heavy atom. The summed E-state index contributed by atoms with van der Waals surface area (Å²) in [4.78, 5) is 11.0. The summed E-state index contributed by atoms with van der Waals surface area (Å²) in [5.74, 6) is 2.61. The summed E-state index contributed by atoms with van der Waals surface area (Å²) in [5.41, 5.74) is 4.55. The average Bonchev–Trinajstić information content (AvgIpc) is 3.28. The molecule has 0 spiro atoms. The fraction of sp³-hybridized carbons (Fsp3) is 0.467. The molecule has 36 heavy (non-hydrogen) atoms. The van der Waals surface area contributed by atoms with Gasteiger partial charge in [-0.1, -0.05) is 82.4 Å². The Kier molecular flexibility index (Phi) is 14.9. The summed E-state index contributed by atoms with van der Waals surface area (Å²) in [7, 11) is 5.24. The van der Waals surface area contributed by atoms with Gasteiger partial charge in [-0.15, -0.1) is 0 Å². The maximum Gasteiger partial charge on any atom is 0.177 e. The van der Waals surface area contributed by atoms with Crippen LogP contribution < -0.4 is 14.8 Å². The normalized spacial score (nSPS) is 10.1. The third-order valence-corrected chi connectivity index (χ3v) is 5.68. The van der Waals surface area contributed by atoms with Gasteiger partial charge in [0.2, 0.25) is 0 Å². The molecule has 0 aliphatic heterocycles. The SMILES string of the molecule is CCCCC.CNCCc1ccc(OC)c(OC)c1.Cc1noc(-c2ccc(C(C)C)cc2)c1C=O. The van der Waals surface area contributed by atoms with Crippen molar-refractivity contribution in [1.29, 1.82) is 0 Å². The van der Waals surface area contributed by atoms with E-state index in [9.17, 15) is 4.79 Å². The predicted octanol–water partition coefficient (Wildman–Crippen LogP) is 7.25. The third-order valence-electron chi connectivity index (χ3n) is 5.68. The molecule has 1 aromatic heterocycles. The highest BCUT2D eigenvalue weighted by Gasteiger charge is 2.14.